The number of methoxy groups -OCH3 is 1. The first-order chi connectivity index (χ1) is 13.4. The number of hydrogen-bond acceptors (Lipinski definition) is 4. The molecule has 0 aliphatic heterocycles. The topological polar surface area (TPSA) is 71.4 Å². The fourth-order valence-corrected chi connectivity index (χ4v) is 3.18. The summed E-state index contributed by atoms with van der Waals surface area (Å²) in [5.41, 5.74) is 2.36. The van der Waals surface area contributed by atoms with Crippen LogP contribution in [0, 0.1) is 11.3 Å². The van der Waals surface area contributed by atoms with Crippen molar-refractivity contribution in [1.29, 1.82) is 5.26 Å². The molecule has 6 heteroatoms. The third-order valence-corrected chi connectivity index (χ3v) is 4.52. The molecule has 5 nitrogen and oxygen atoms in total. The molecule has 0 saturated heterocycles. The molecule has 2 rings (SSSR count). The van der Waals surface area contributed by atoms with Gasteiger partial charge in [-0.05, 0) is 71.6 Å². The van der Waals surface area contributed by atoms with Crippen molar-refractivity contribution < 1.29 is 14.3 Å². The maximum Gasteiger partial charge on any atom is 0.266 e. The fraction of sp³-hybridized carbons (Fsp3) is 0.273. The number of amides is 1. The Balaban J connectivity index is 2.34. The summed E-state index contributed by atoms with van der Waals surface area (Å²) >= 11 is 3.47. The van der Waals surface area contributed by atoms with Crippen molar-refractivity contribution in [3.8, 4) is 17.6 Å². The van der Waals surface area contributed by atoms with Crippen LogP contribution in [0.15, 0.2) is 46.4 Å². The van der Waals surface area contributed by atoms with E-state index < -0.39 is 5.91 Å². The number of aryl methyl sites for hydroxylation is 1. The lowest BCUT2D eigenvalue weighted by Crippen LogP contribution is -2.14. The van der Waals surface area contributed by atoms with Gasteiger partial charge in [0.05, 0.1) is 17.7 Å². The number of halogens is 1. The Morgan fingerprint density at radius 3 is 2.64 bits per heavy atom. The monoisotopic (exact) mass is 442 g/mol. The quantitative estimate of drug-likeness (QED) is 0.463. The van der Waals surface area contributed by atoms with Crippen LogP contribution in [-0.4, -0.2) is 19.1 Å². The molecule has 0 spiro atoms. The number of rotatable bonds is 7. The van der Waals surface area contributed by atoms with E-state index in [0.29, 0.717) is 27.2 Å². The molecule has 146 valence electrons. The van der Waals surface area contributed by atoms with Gasteiger partial charge in [0, 0.05) is 5.69 Å². The summed E-state index contributed by atoms with van der Waals surface area (Å²) in [6.45, 7) is 5.86. The average molecular weight is 443 g/mol. The van der Waals surface area contributed by atoms with Crippen LogP contribution in [0.1, 0.15) is 31.9 Å². The van der Waals surface area contributed by atoms with Crippen molar-refractivity contribution in [3.63, 3.8) is 0 Å². The number of benzene rings is 2. The Labute approximate surface area is 174 Å². The zero-order valence-electron chi connectivity index (χ0n) is 16.4. The van der Waals surface area contributed by atoms with Crippen LogP contribution in [0.3, 0.4) is 0 Å². The lowest BCUT2D eigenvalue weighted by molar-refractivity contribution is -0.112. The Kier molecular flexibility index (Phi) is 7.65. The van der Waals surface area contributed by atoms with E-state index in [1.54, 1.807) is 19.2 Å². The van der Waals surface area contributed by atoms with Gasteiger partial charge >= 0.3 is 0 Å². The molecule has 0 atom stereocenters. The van der Waals surface area contributed by atoms with Crippen molar-refractivity contribution >= 4 is 33.6 Å². The molecule has 2 aromatic rings. The number of nitrogens with one attached hydrogen (secondary N) is 1. The maximum atomic E-state index is 12.6. The molecule has 2 aromatic carbocycles. The minimum Gasteiger partial charge on any atom is -0.493 e. The Hall–Kier alpha value is -2.78. The van der Waals surface area contributed by atoms with Gasteiger partial charge in [-0.2, -0.15) is 5.26 Å². The zero-order valence-corrected chi connectivity index (χ0v) is 18.0. The van der Waals surface area contributed by atoms with Crippen molar-refractivity contribution in [1.82, 2.24) is 0 Å². The second-order valence-corrected chi connectivity index (χ2v) is 7.19. The highest BCUT2D eigenvalue weighted by molar-refractivity contribution is 9.10. The normalized spacial score (nSPS) is 11.1. The number of carbonyl (C=O) groups is 1. The van der Waals surface area contributed by atoms with Gasteiger partial charge in [0.1, 0.15) is 11.6 Å². The summed E-state index contributed by atoms with van der Waals surface area (Å²) in [4.78, 5) is 12.6. The van der Waals surface area contributed by atoms with E-state index >= 15 is 0 Å². The average Bonchev–Trinajstić information content (AvgIpc) is 2.67. The largest absolute Gasteiger partial charge is 0.493 e. The Morgan fingerprint density at radius 1 is 1.32 bits per heavy atom. The summed E-state index contributed by atoms with van der Waals surface area (Å²) in [5.74, 6) is 0.638. The summed E-state index contributed by atoms with van der Waals surface area (Å²) in [7, 11) is 1.54. The Morgan fingerprint density at radius 2 is 2.04 bits per heavy atom. The number of anilines is 1. The first-order valence-electron chi connectivity index (χ1n) is 8.94. The number of carbonyl (C=O) groups excluding carboxylic acids is 1. The SMILES string of the molecule is CCc1ccccc1NC(=O)/C(C#N)=C/c1cc(Br)c(OC(C)C)c(OC)c1. The van der Waals surface area contributed by atoms with Crippen LogP contribution in [0.25, 0.3) is 6.08 Å². The number of hydrogen-bond donors (Lipinski definition) is 1. The van der Waals surface area contributed by atoms with E-state index in [9.17, 15) is 10.1 Å². The predicted octanol–water partition coefficient (Wildman–Crippen LogP) is 5.35. The Bertz CT molecular complexity index is 930. The molecule has 0 aliphatic carbocycles. The van der Waals surface area contributed by atoms with E-state index in [1.165, 1.54) is 6.08 Å². The molecular weight excluding hydrogens is 420 g/mol. The summed E-state index contributed by atoms with van der Waals surface area (Å²) in [5, 5.41) is 12.3. The van der Waals surface area contributed by atoms with Crippen molar-refractivity contribution in [2.75, 3.05) is 12.4 Å². The van der Waals surface area contributed by atoms with Gasteiger partial charge in [-0.3, -0.25) is 4.79 Å². The van der Waals surface area contributed by atoms with Gasteiger partial charge in [0.2, 0.25) is 0 Å². The molecular formula is C22H23BrN2O3. The van der Waals surface area contributed by atoms with Crippen LogP contribution in [0.2, 0.25) is 0 Å². The maximum absolute atomic E-state index is 12.6. The highest BCUT2D eigenvalue weighted by atomic mass is 79.9. The molecule has 0 saturated carbocycles. The van der Waals surface area contributed by atoms with Gasteiger partial charge in [-0.15, -0.1) is 0 Å². The van der Waals surface area contributed by atoms with Crippen molar-refractivity contribution in [2.24, 2.45) is 0 Å². The standard InChI is InChI=1S/C22H23BrN2O3/c1-5-16-8-6-7-9-19(16)25-22(26)17(13-24)10-15-11-18(23)21(28-14(2)3)20(12-15)27-4/h6-12,14H,5H2,1-4H3,(H,25,26)/b17-10+. The van der Waals surface area contributed by atoms with E-state index in [4.69, 9.17) is 9.47 Å². The van der Waals surface area contributed by atoms with Crippen LogP contribution < -0.4 is 14.8 Å². The third kappa shape index (κ3) is 5.37. The molecule has 28 heavy (non-hydrogen) atoms. The number of ether oxygens (including phenoxy) is 2. The third-order valence-electron chi connectivity index (χ3n) is 3.93. The van der Waals surface area contributed by atoms with Crippen LogP contribution in [0.4, 0.5) is 5.69 Å². The highest BCUT2D eigenvalue weighted by Crippen LogP contribution is 2.38. The zero-order chi connectivity index (χ0) is 20.7. The summed E-state index contributed by atoms with van der Waals surface area (Å²) < 4.78 is 11.9. The van der Waals surface area contributed by atoms with Crippen molar-refractivity contribution in [3.05, 3.63) is 57.6 Å². The van der Waals surface area contributed by atoms with E-state index in [1.807, 2.05) is 51.1 Å². The molecule has 1 amide bonds. The van der Waals surface area contributed by atoms with Gasteiger partial charge < -0.3 is 14.8 Å². The predicted molar refractivity (Wildman–Crippen MR) is 114 cm³/mol. The first kappa shape index (κ1) is 21.5. The van der Waals surface area contributed by atoms with Crippen LogP contribution in [-0.2, 0) is 11.2 Å². The van der Waals surface area contributed by atoms with E-state index in [2.05, 4.69) is 21.2 Å². The molecule has 0 fully saturated rings. The minimum absolute atomic E-state index is 0.00242. The second-order valence-electron chi connectivity index (χ2n) is 6.34. The van der Waals surface area contributed by atoms with Gasteiger partial charge in [-0.1, -0.05) is 25.1 Å². The van der Waals surface area contributed by atoms with Gasteiger partial charge in [0.25, 0.3) is 5.91 Å². The first-order valence-corrected chi connectivity index (χ1v) is 9.74. The second kappa shape index (κ2) is 9.95. The van der Waals surface area contributed by atoms with E-state index in [-0.39, 0.29) is 11.7 Å². The van der Waals surface area contributed by atoms with Crippen LogP contribution >= 0.6 is 15.9 Å². The lowest BCUT2D eigenvalue weighted by Gasteiger charge is -2.16. The number of para-hydroxylation sites is 1. The summed E-state index contributed by atoms with van der Waals surface area (Å²) in [6.07, 6.45) is 2.28. The van der Waals surface area contributed by atoms with E-state index in [0.717, 1.165) is 12.0 Å². The fourth-order valence-electron chi connectivity index (χ4n) is 2.63. The lowest BCUT2D eigenvalue weighted by atomic mass is 10.1. The van der Waals surface area contributed by atoms with Crippen LogP contribution in [0.5, 0.6) is 11.5 Å². The molecule has 0 radical (unpaired) electrons. The van der Waals surface area contributed by atoms with Gasteiger partial charge in [0.15, 0.2) is 11.5 Å². The molecule has 0 aliphatic rings. The molecule has 0 unspecified atom stereocenters. The summed E-state index contributed by atoms with van der Waals surface area (Å²) in [6, 6.07) is 13.0. The highest BCUT2D eigenvalue weighted by Gasteiger charge is 2.15. The van der Waals surface area contributed by atoms with Gasteiger partial charge in [-0.25, -0.2) is 0 Å². The molecule has 0 aromatic heterocycles. The molecule has 0 heterocycles. The minimum atomic E-state index is -0.457. The smallest absolute Gasteiger partial charge is 0.266 e. The molecule has 1 N–H and O–H groups in total. The van der Waals surface area contributed by atoms with Crippen molar-refractivity contribution in [2.45, 2.75) is 33.3 Å². The molecule has 0 bridgehead atoms. The number of nitrogens with zero attached hydrogens (tertiary/aromatic N) is 1. The number of nitriles is 1.